The zero-order chi connectivity index (χ0) is 9.42. The van der Waals surface area contributed by atoms with E-state index in [9.17, 15) is 4.39 Å². The van der Waals surface area contributed by atoms with E-state index < -0.39 is 5.82 Å². The molecule has 1 aromatic carbocycles. The van der Waals surface area contributed by atoms with Gasteiger partial charge in [-0.25, -0.2) is 14.4 Å². The lowest BCUT2D eigenvalue weighted by Crippen LogP contribution is -1.88. The highest BCUT2D eigenvalue weighted by atomic mass is 79.9. The molecule has 0 aliphatic rings. The molecule has 0 bridgehead atoms. The predicted octanol–water partition coefficient (Wildman–Crippen LogP) is 3.18. The van der Waals surface area contributed by atoms with Crippen molar-refractivity contribution in [3.05, 3.63) is 33.9 Å². The highest BCUT2D eigenvalue weighted by molar-refractivity contribution is 9.10. The minimum absolute atomic E-state index is 0.0458. The van der Waals surface area contributed by atoms with Gasteiger partial charge in [0, 0.05) is 16.1 Å². The maximum atomic E-state index is 13.2. The molecule has 1 aromatic heterocycles. The second kappa shape index (κ2) is 3.20. The maximum Gasteiger partial charge on any atom is 0.223 e. The summed E-state index contributed by atoms with van der Waals surface area (Å²) in [4.78, 5) is 7.55. The Kier molecular flexibility index (Phi) is 2.17. The Bertz CT molecular complexity index is 475. The molecule has 0 saturated heterocycles. The largest absolute Gasteiger partial charge is 0.226 e. The van der Waals surface area contributed by atoms with Gasteiger partial charge >= 0.3 is 0 Å². The Morgan fingerprint density at radius 2 is 2.15 bits per heavy atom. The van der Waals surface area contributed by atoms with Crippen molar-refractivity contribution in [3.8, 4) is 0 Å². The van der Waals surface area contributed by atoms with Gasteiger partial charge in [-0.2, -0.15) is 0 Å². The number of nitrogens with zero attached hydrogens (tertiary/aromatic N) is 2. The van der Waals surface area contributed by atoms with E-state index in [1.807, 2.05) is 0 Å². The molecule has 0 spiro atoms. The SMILES string of the molecule is Fc1ccc(Br)c2cnc(Cl)nc12. The highest BCUT2D eigenvalue weighted by Crippen LogP contribution is 2.24. The number of hydrogen-bond donors (Lipinski definition) is 0. The lowest BCUT2D eigenvalue weighted by Gasteiger charge is -2.00. The van der Waals surface area contributed by atoms with E-state index >= 15 is 0 Å². The third-order valence-corrected chi connectivity index (χ3v) is 2.49. The maximum absolute atomic E-state index is 13.2. The van der Waals surface area contributed by atoms with Crippen LogP contribution in [-0.4, -0.2) is 9.97 Å². The van der Waals surface area contributed by atoms with Crippen molar-refractivity contribution in [2.24, 2.45) is 0 Å². The van der Waals surface area contributed by atoms with Crippen molar-refractivity contribution in [1.82, 2.24) is 9.97 Å². The normalized spacial score (nSPS) is 10.7. The molecule has 0 saturated carbocycles. The number of halogens is 3. The van der Waals surface area contributed by atoms with Crippen molar-refractivity contribution in [2.75, 3.05) is 0 Å². The number of rotatable bonds is 0. The molecule has 0 unspecified atom stereocenters. The van der Waals surface area contributed by atoms with Crippen LogP contribution in [0.4, 0.5) is 4.39 Å². The molecule has 5 heteroatoms. The Hall–Kier alpha value is -0.740. The average Bonchev–Trinajstić information content (AvgIpc) is 2.12. The van der Waals surface area contributed by atoms with Crippen molar-refractivity contribution < 1.29 is 4.39 Å². The number of benzene rings is 1. The van der Waals surface area contributed by atoms with Gasteiger partial charge in [0.2, 0.25) is 5.28 Å². The summed E-state index contributed by atoms with van der Waals surface area (Å²) in [6.45, 7) is 0. The van der Waals surface area contributed by atoms with Crippen LogP contribution in [0.3, 0.4) is 0 Å². The molecule has 2 nitrogen and oxygen atoms in total. The summed E-state index contributed by atoms with van der Waals surface area (Å²) < 4.78 is 13.9. The van der Waals surface area contributed by atoms with Crippen molar-refractivity contribution in [3.63, 3.8) is 0 Å². The molecule has 13 heavy (non-hydrogen) atoms. The van der Waals surface area contributed by atoms with Gasteiger partial charge in [-0.15, -0.1) is 0 Å². The number of hydrogen-bond acceptors (Lipinski definition) is 2. The van der Waals surface area contributed by atoms with Gasteiger partial charge in [-0.3, -0.25) is 0 Å². The monoisotopic (exact) mass is 260 g/mol. The quantitative estimate of drug-likeness (QED) is 0.681. The predicted molar refractivity (Wildman–Crippen MR) is 52.2 cm³/mol. The average molecular weight is 261 g/mol. The zero-order valence-corrected chi connectivity index (χ0v) is 8.60. The smallest absolute Gasteiger partial charge is 0.223 e. The number of aromatic nitrogens is 2. The lowest BCUT2D eigenvalue weighted by atomic mass is 10.2. The van der Waals surface area contributed by atoms with E-state index in [1.165, 1.54) is 12.3 Å². The molecule has 2 rings (SSSR count). The van der Waals surface area contributed by atoms with Crippen LogP contribution >= 0.6 is 27.5 Å². The first-order valence-electron chi connectivity index (χ1n) is 3.45. The molecule has 0 fully saturated rings. The molecule has 0 amide bonds. The van der Waals surface area contributed by atoms with Crippen molar-refractivity contribution in [1.29, 1.82) is 0 Å². The molecular formula is C8H3BrClFN2. The molecular weight excluding hydrogens is 258 g/mol. The topological polar surface area (TPSA) is 25.8 Å². The molecule has 0 atom stereocenters. The van der Waals surface area contributed by atoms with E-state index in [2.05, 4.69) is 25.9 Å². The summed E-state index contributed by atoms with van der Waals surface area (Å²) in [6.07, 6.45) is 1.48. The van der Waals surface area contributed by atoms with Crippen molar-refractivity contribution in [2.45, 2.75) is 0 Å². The minimum Gasteiger partial charge on any atom is -0.226 e. The zero-order valence-electron chi connectivity index (χ0n) is 6.26. The first-order chi connectivity index (χ1) is 6.18. The van der Waals surface area contributed by atoms with Crippen LogP contribution in [0.2, 0.25) is 5.28 Å². The fraction of sp³-hybridized carbons (Fsp3) is 0. The Labute approximate surface area is 86.9 Å². The first-order valence-corrected chi connectivity index (χ1v) is 4.62. The van der Waals surface area contributed by atoms with E-state index in [1.54, 1.807) is 6.07 Å². The number of fused-ring (bicyclic) bond motifs is 1. The first kappa shape index (κ1) is 8.84. The summed E-state index contributed by atoms with van der Waals surface area (Å²) in [5, 5.41) is 0.661. The van der Waals surface area contributed by atoms with Crippen LogP contribution in [0.15, 0.2) is 22.8 Å². The van der Waals surface area contributed by atoms with Gasteiger partial charge in [-0.1, -0.05) is 15.9 Å². The Balaban J connectivity index is 2.92. The van der Waals surface area contributed by atoms with Crippen LogP contribution < -0.4 is 0 Å². The summed E-state index contributed by atoms with van der Waals surface area (Å²) in [5.74, 6) is -0.400. The molecule has 0 aliphatic carbocycles. The van der Waals surface area contributed by atoms with Gasteiger partial charge in [0.05, 0.1) is 0 Å². The molecule has 0 N–H and O–H groups in total. The molecule has 0 radical (unpaired) electrons. The van der Waals surface area contributed by atoms with Gasteiger partial charge in [0.25, 0.3) is 0 Å². The summed E-state index contributed by atoms with van der Waals surface area (Å²) in [5.41, 5.74) is 0.231. The molecule has 0 aliphatic heterocycles. The van der Waals surface area contributed by atoms with E-state index in [4.69, 9.17) is 11.6 Å². The minimum atomic E-state index is -0.400. The summed E-state index contributed by atoms with van der Waals surface area (Å²) in [7, 11) is 0. The molecule has 66 valence electrons. The fourth-order valence-corrected chi connectivity index (χ4v) is 1.59. The lowest BCUT2D eigenvalue weighted by molar-refractivity contribution is 0.636. The highest BCUT2D eigenvalue weighted by Gasteiger charge is 2.06. The van der Waals surface area contributed by atoms with Crippen molar-refractivity contribution >= 4 is 38.4 Å². The van der Waals surface area contributed by atoms with Crippen LogP contribution in [0.1, 0.15) is 0 Å². The van der Waals surface area contributed by atoms with Gasteiger partial charge in [-0.05, 0) is 23.7 Å². The Morgan fingerprint density at radius 1 is 1.38 bits per heavy atom. The summed E-state index contributed by atoms with van der Waals surface area (Å²) in [6, 6.07) is 2.94. The van der Waals surface area contributed by atoms with Gasteiger partial charge < -0.3 is 0 Å². The van der Waals surface area contributed by atoms with Crippen LogP contribution in [0.5, 0.6) is 0 Å². The van der Waals surface area contributed by atoms with Gasteiger partial charge in [0.1, 0.15) is 11.3 Å². The standard InChI is InChI=1S/C8H3BrClFN2/c9-5-1-2-6(11)7-4(5)3-12-8(10)13-7/h1-3H. The van der Waals surface area contributed by atoms with Gasteiger partial charge in [0.15, 0.2) is 0 Å². The second-order valence-electron chi connectivity index (χ2n) is 2.43. The molecule has 2 aromatic rings. The third-order valence-electron chi connectivity index (χ3n) is 1.62. The second-order valence-corrected chi connectivity index (χ2v) is 3.62. The fourth-order valence-electron chi connectivity index (χ4n) is 1.03. The Morgan fingerprint density at radius 3 is 2.92 bits per heavy atom. The van der Waals surface area contributed by atoms with Crippen LogP contribution in [0.25, 0.3) is 10.9 Å². The molecule has 1 heterocycles. The van der Waals surface area contributed by atoms with E-state index in [0.717, 1.165) is 4.47 Å². The van der Waals surface area contributed by atoms with Crippen LogP contribution in [-0.2, 0) is 0 Å². The van der Waals surface area contributed by atoms with Crippen LogP contribution in [0, 0.1) is 5.82 Å². The van der Waals surface area contributed by atoms with E-state index in [0.29, 0.717) is 5.39 Å². The van der Waals surface area contributed by atoms with E-state index in [-0.39, 0.29) is 10.8 Å². The third kappa shape index (κ3) is 1.51. The summed E-state index contributed by atoms with van der Waals surface area (Å²) >= 11 is 8.80.